The van der Waals surface area contributed by atoms with Gasteiger partial charge in [-0.3, -0.25) is 9.59 Å². The highest BCUT2D eigenvalue weighted by Gasteiger charge is 2.58. The van der Waals surface area contributed by atoms with Gasteiger partial charge in [0, 0.05) is 18.3 Å². The van der Waals surface area contributed by atoms with Crippen molar-refractivity contribution in [2.45, 2.75) is 51.1 Å². The van der Waals surface area contributed by atoms with E-state index in [0.717, 1.165) is 29.8 Å². The number of nitrogens with two attached hydrogens (primary N) is 1. The predicted molar refractivity (Wildman–Crippen MR) is 103 cm³/mol. The van der Waals surface area contributed by atoms with E-state index in [2.05, 4.69) is 17.3 Å². The van der Waals surface area contributed by atoms with Crippen molar-refractivity contribution < 1.29 is 9.59 Å². The number of likely N-dealkylation sites (tertiary alicyclic amines) is 1. The first kappa shape index (κ1) is 17.6. The molecule has 2 aromatic rings. The third-order valence-electron chi connectivity index (χ3n) is 5.85. The number of nitrogen functional groups attached to an aromatic ring is 1. The van der Waals surface area contributed by atoms with E-state index in [1.807, 2.05) is 36.1 Å². The van der Waals surface area contributed by atoms with Crippen molar-refractivity contribution in [2.24, 2.45) is 0 Å². The van der Waals surface area contributed by atoms with Gasteiger partial charge in [0.1, 0.15) is 12.4 Å². The Bertz CT molecular complexity index is 906. The summed E-state index contributed by atoms with van der Waals surface area (Å²) in [5, 5.41) is 7.32. The van der Waals surface area contributed by atoms with Crippen molar-refractivity contribution >= 4 is 23.3 Å². The Labute approximate surface area is 158 Å². The Morgan fingerprint density at radius 3 is 2.89 bits per heavy atom. The van der Waals surface area contributed by atoms with Gasteiger partial charge in [0.05, 0.1) is 17.2 Å². The number of nitrogens with one attached hydrogen (secondary N) is 1. The summed E-state index contributed by atoms with van der Waals surface area (Å²) in [4.78, 5) is 28.0. The number of hydrogen-bond acceptors (Lipinski definition) is 4. The van der Waals surface area contributed by atoms with Crippen LogP contribution in [0.3, 0.4) is 0 Å². The summed E-state index contributed by atoms with van der Waals surface area (Å²) >= 11 is 0. The van der Waals surface area contributed by atoms with Gasteiger partial charge in [0.25, 0.3) is 0 Å². The molecule has 2 amide bonds. The Balaban J connectivity index is 1.67. The zero-order valence-electron chi connectivity index (χ0n) is 15.7. The van der Waals surface area contributed by atoms with E-state index < -0.39 is 5.41 Å². The molecule has 0 radical (unpaired) electrons. The molecule has 3 N–H and O–H groups in total. The van der Waals surface area contributed by atoms with Gasteiger partial charge in [-0.2, -0.15) is 5.10 Å². The van der Waals surface area contributed by atoms with Crippen molar-refractivity contribution in [1.82, 2.24) is 14.7 Å². The van der Waals surface area contributed by atoms with Crippen LogP contribution in [0.2, 0.25) is 0 Å². The van der Waals surface area contributed by atoms with Crippen LogP contribution < -0.4 is 11.1 Å². The largest absolute Gasteiger partial charge is 0.384 e. The Hall–Kier alpha value is -2.83. The molecule has 0 unspecified atom stereocenters. The number of benzene rings is 1. The quantitative estimate of drug-likeness (QED) is 0.865. The second kappa shape index (κ2) is 6.40. The van der Waals surface area contributed by atoms with Crippen LogP contribution in [0.15, 0.2) is 30.3 Å². The number of hydrogen-bond donors (Lipinski definition) is 2. The summed E-state index contributed by atoms with van der Waals surface area (Å²) in [6, 6.07) is 9.43. The summed E-state index contributed by atoms with van der Waals surface area (Å²) < 4.78 is 1.54. The normalized spacial score (nSPS) is 23.7. The van der Waals surface area contributed by atoms with Crippen molar-refractivity contribution in [3.63, 3.8) is 0 Å². The van der Waals surface area contributed by atoms with Gasteiger partial charge in [-0.1, -0.05) is 31.5 Å². The van der Waals surface area contributed by atoms with E-state index in [0.29, 0.717) is 18.8 Å². The topological polar surface area (TPSA) is 93.2 Å². The molecule has 3 heterocycles. The molecule has 0 saturated carbocycles. The maximum atomic E-state index is 13.1. The lowest BCUT2D eigenvalue weighted by Crippen LogP contribution is -2.49. The molecule has 1 aromatic heterocycles. The molecule has 27 heavy (non-hydrogen) atoms. The maximum Gasteiger partial charge on any atom is 0.244 e. The van der Waals surface area contributed by atoms with E-state index in [4.69, 9.17) is 5.73 Å². The molecular formula is C20H25N5O2. The first-order valence-electron chi connectivity index (χ1n) is 9.47. The highest BCUT2D eigenvalue weighted by Crippen LogP contribution is 2.49. The highest BCUT2D eigenvalue weighted by molar-refractivity contribution is 6.07. The molecule has 4 rings (SSSR count). The molecule has 1 saturated heterocycles. The van der Waals surface area contributed by atoms with Crippen LogP contribution in [-0.4, -0.2) is 39.1 Å². The second-order valence-corrected chi connectivity index (χ2v) is 7.48. The van der Waals surface area contributed by atoms with Crippen molar-refractivity contribution in [3.8, 4) is 0 Å². The molecule has 0 aliphatic carbocycles. The lowest BCUT2D eigenvalue weighted by Gasteiger charge is -2.34. The molecule has 0 bridgehead atoms. The van der Waals surface area contributed by atoms with Crippen molar-refractivity contribution in [2.75, 3.05) is 17.6 Å². The average Bonchev–Trinajstić information content (AvgIpc) is 3.25. The van der Waals surface area contributed by atoms with E-state index in [1.54, 1.807) is 6.07 Å². The zero-order valence-corrected chi connectivity index (χ0v) is 15.7. The smallest absolute Gasteiger partial charge is 0.244 e. The van der Waals surface area contributed by atoms with Crippen molar-refractivity contribution in [1.29, 1.82) is 0 Å². The molecule has 1 spiro atoms. The van der Waals surface area contributed by atoms with Crippen molar-refractivity contribution in [3.05, 3.63) is 41.6 Å². The third kappa shape index (κ3) is 2.60. The van der Waals surface area contributed by atoms with Crippen LogP contribution in [0.4, 0.5) is 11.5 Å². The average molecular weight is 367 g/mol. The van der Waals surface area contributed by atoms with Gasteiger partial charge >= 0.3 is 0 Å². The molecule has 2 aliphatic heterocycles. The third-order valence-corrected chi connectivity index (χ3v) is 5.85. The second-order valence-electron chi connectivity index (χ2n) is 7.48. The molecule has 1 aromatic carbocycles. The molecule has 2 atom stereocenters. The predicted octanol–water partition coefficient (Wildman–Crippen LogP) is 2.06. The van der Waals surface area contributed by atoms with Crippen LogP contribution in [0.25, 0.3) is 0 Å². The molecule has 7 heteroatoms. The number of nitrogens with zero attached hydrogens (tertiary/aromatic N) is 3. The fourth-order valence-electron chi connectivity index (χ4n) is 4.69. The van der Waals surface area contributed by atoms with Gasteiger partial charge in [0.15, 0.2) is 0 Å². The summed E-state index contributed by atoms with van der Waals surface area (Å²) in [5.41, 5.74) is 7.95. The minimum atomic E-state index is -0.659. The minimum Gasteiger partial charge on any atom is -0.384 e. The maximum absolute atomic E-state index is 13.1. The Morgan fingerprint density at radius 1 is 1.41 bits per heavy atom. The first-order chi connectivity index (χ1) is 13.0. The highest BCUT2D eigenvalue weighted by atomic mass is 16.2. The molecule has 1 fully saturated rings. The number of carbonyl (C=O) groups excluding carboxylic acids is 2. The summed E-state index contributed by atoms with van der Waals surface area (Å²) in [6.45, 7) is 4.59. The van der Waals surface area contributed by atoms with E-state index in [-0.39, 0.29) is 24.4 Å². The van der Waals surface area contributed by atoms with E-state index in [9.17, 15) is 9.59 Å². The zero-order chi connectivity index (χ0) is 19.2. The number of fused-ring (bicyclic) bond motifs is 2. The Kier molecular flexibility index (Phi) is 4.17. The van der Waals surface area contributed by atoms with Crippen LogP contribution >= 0.6 is 0 Å². The number of aromatic nitrogens is 2. The van der Waals surface area contributed by atoms with Gasteiger partial charge in [-0.15, -0.1) is 0 Å². The van der Waals surface area contributed by atoms with Crippen LogP contribution in [0, 0.1) is 6.92 Å². The molecule has 2 aliphatic rings. The van der Waals surface area contributed by atoms with Gasteiger partial charge in [0.2, 0.25) is 11.8 Å². The number of carbonyl (C=O) groups is 2. The summed E-state index contributed by atoms with van der Waals surface area (Å²) in [6.07, 6.45) is 2.32. The van der Waals surface area contributed by atoms with E-state index >= 15 is 0 Å². The van der Waals surface area contributed by atoms with Crippen LogP contribution in [-0.2, 0) is 21.5 Å². The van der Waals surface area contributed by atoms with Crippen LogP contribution in [0.1, 0.15) is 37.4 Å². The number of anilines is 2. The van der Waals surface area contributed by atoms with Gasteiger partial charge in [-0.05, 0) is 31.4 Å². The molecule has 142 valence electrons. The summed E-state index contributed by atoms with van der Waals surface area (Å²) in [7, 11) is 0. The lowest BCUT2D eigenvalue weighted by atomic mass is 9.73. The number of rotatable bonds is 4. The SMILES string of the molecule is CCC[C@@H]1N(C(=O)Cn2nc(C)cc2N)CC[C@]12C(=O)Nc1ccccc12. The van der Waals surface area contributed by atoms with Gasteiger partial charge < -0.3 is 16.0 Å². The monoisotopic (exact) mass is 367 g/mol. The molecular weight excluding hydrogens is 342 g/mol. The number of para-hydroxylation sites is 1. The lowest BCUT2D eigenvalue weighted by molar-refractivity contribution is -0.134. The Morgan fingerprint density at radius 2 is 2.19 bits per heavy atom. The van der Waals surface area contributed by atoms with E-state index in [1.165, 1.54) is 4.68 Å². The standard InChI is InChI=1S/C20H25N5O2/c1-3-6-16-20(14-7-4-5-8-15(14)22-19(20)27)9-10-24(16)18(26)12-25-17(21)11-13(2)23-25/h4-5,7-8,11,16H,3,6,9-10,12,21H2,1-2H3,(H,22,27)/t16-,20+/m0/s1. The van der Waals surface area contributed by atoms with Crippen LogP contribution in [0.5, 0.6) is 0 Å². The summed E-state index contributed by atoms with van der Waals surface area (Å²) in [5.74, 6) is 0.440. The molecule has 7 nitrogen and oxygen atoms in total. The first-order valence-corrected chi connectivity index (χ1v) is 9.47. The van der Waals surface area contributed by atoms with Gasteiger partial charge in [-0.25, -0.2) is 4.68 Å². The number of aryl methyl sites for hydroxylation is 1. The fourth-order valence-corrected chi connectivity index (χ4v) is 4.69. The minimum absolute atomic E-state index is 0.00639. The number of amides is 2. The fraction of sp³-hybridized carbons (Fsp3) is 0.450.